The lowest BCUT2D eigenvalue weighted by Gasteiger charge is -2.21. The molecule has 0 saturated carbocycles. The van der Waals surface area contributed by atoms with Crippen molar-refractivity contribution in [3.63, 3.8) is 0 Å². The van der Waals surface area contributed by atoms with Crippen LogP contribution in [-0.2, 0) is 20.8 Å². The Kier molecular flexibility index (Phi) is 3.36. The molecule has 1 saturated heterocycles. The molecular formula is C12H16O3. The first kappa shape index (κ1) is 10.6. The number of benzene rings is 1. The SMILES string of the molecule is CC1(COCc2ccccc2)OCCO1. The molecule has 0 aromatic heterocycles. The van der Waals surface area contributed by atoms with Gasteiger partial charge < -0.3 is 14.2 Å². The van der Waals surface area contributed by atoms with E-state index in [9.17, 15) is 0 Å². The Hall–Kier alpha value is -0.900. The van der Waals surface area contributed by atoms with Gasteiger partial charge >= 0.3 is 0 Å². The van der Waals surface area contributed by atoms with E-state index in [0.717, 1.165) is 0 Å². The molecule has 0 radical (unpaired) electrons. The van der Waals surface area contributed by atoms with Gasteiger partial charge in [-0.1, -0.05) is 30.3 Å². The van der Waals surface area contributed by atoms with Crippen molar-refractivity contribution in [3.05, 3.63) is 35.9 Å². The summed E-state index contributed by atoms with van der Waals surface area (Å²) in [5.41, 5.74) is 1.17. The third-order valence-corrected chi connectivity index (χ3v) is 2.37. The maximum absolute atomic E-state index is 5.56. The highest BCUT2D eigenvalue weighted by Crippen LogP contribution is 2.19. The van der Waals surface area contributed by atoms with Crippen LogP contribution in [0.2, 0.25) is 0 Å². The second-order valence-electron chi connectivity index (χ2n) is 3.81. The molecule has 1 heterocycles. The lowest BCUT2D eigenvalue weighted by atomic mass is 10.2. The van der Waals surface area contributed by atoms with Crippen LogP contribution in [0.3, 0.4) is 0 Å². The lowest BCUT2D eigenvalue weighted by molar-refractivity contribution is -0.182. The van der Waals surface area contributed by atoms with Crippen molar-refractivity contribution in [2.45, 2.75) is 19.3 Å². The van der Waals surface area contributed by atoms with Crippen LogP contribution in [0.5, 0.6) is 0 Å². The van der Waals surface area contributed by atoms with Gasteiger partial charge in [0.2, 0.25) is 0 Å². The zero-order valence-electron chi connectivity index (χ0n) is 8.94. The largest absolute Gasteiger partial charge is 0.371 e. The summed E-state index contributed by atoms with van der Waals surface area (Å²) in [5, 5.41) is 0. The summed E-state index contributed by atoms with van der Waals surface area (Å²) in [5.74, 6) is -0.547. The van der Waals surface area contributed by atoms with Crippen LogP contribution in [-0.4, -0.2) is 25.6 Å². The molecule has 0 spiro atoms. The normalized spacial score (nSPS) is 19.3. The van der Waals surface area contributed by atoms with Crippen LogP contribution in [0.4, 0.5) is 0 Å². The van der Waals surface area contributed by atoms with Crippen LogP contribution >= 0.6 is 0 Å². The zero-order valence-corrected chi connectivity index (χ0v) is 8.94. The first-order chi connectivity index (χ1) is 7.29. The predicted octanol–water partition coefficient (Wildman–Crippen LogP) is 1.97. The van der Waals surface area contributed by atoms with E-state index in [-0.39, 0.29) is 0 Å². The summed E-state index contributed by atoms with van der Waals surface area (Å²) in [4.78, 5) is 0. The molecule has 0 N–H and O–H groups in total. The zero-order chi connectivity index (χ0) is 10.6. The average Bonchev–Trinajstić information content (AvgIpc) is 2.67. The van der Waals surface area contributed by atoms with Crippen molar-refractivity contribution < 1.29 is 14.2 Å². The summed E-state index contributed by atoms with van der Waals surface area (Å²) in [6, 6.07) is 10.1. The molecule has 0 unspecified atom stereocenters. The third kappa shape index (κ3) is 3.02. The summed E-state index contributed by atoms with van der Waals surface area (Å²) < 4.78 is 16.4. The van der Waals surface area contributed by atoms with Crippen LogP contribution in [0.15, 0.2) is 30.3 Å². The molecule has 1 aliphatic heterocycles. The molecule has 0 bridgehead atoms. The highest BCUT2D eigenvalue weighted by molar-refractivity contribution is 5.13. The molecule has 1 aromatic rings. The minimum absolute atomic E-state index is 0.474. The van der Waals surface area contributed by atoms with Crippen molar-refractivity contribution in [1.82, 2.24) is 0 Å². The van der Waals surface area contributed by atoms with Crippen molar-refractivity contribution in [1.29, 1.82) is 0 Å². The number of hydrogen-bond donors (Lipinski definition) is 0. The monoisotopic (exact) mass is 208 g/mol. The molecule has 0 amide bonds. The van der Waals surface area contributed by atoms with Gasteiger partial charge in [0.15, 0.2) is 5.79 Å². The fraction of sp³-hybridized carbons (Fsp3) is 0.500. The summed E-state index contributed by atoms with van der Waals surface area (Å²) in [6.45, 7) is 4.30. The van der Waals surface area contributed by atoms with Crippen molar-refractivity contribution in [2.75, 3.05) is 19.8 Å². The average molecular weight is 208 g/mol. The second-order valence-corrected chi connectivity index (χ2v) is 3.81. The second kappa shape index (κ2) is 4.75. The van der Waals surface area contributed by atoms with E-state index in [1.165, 1.54) is 5.56 Å². The van der Waals surface area contributed by atoms with Crippen LogP contribution in [0, 0.1) is 0 Å². The third-order valence-electron chi connectivity index (χ3n) is 2.37. The molecule has 3 heteroatoms. The molecular weight excluding hydrogens is 192 g/mol. The Morgan fingerprint density at radius 3 is 2.53 bits per heavy atom. The quantitative estimate of drug-likeness (QED) is 0.757. The maximum Gasteiger partial charge on any atom is 0.189 e. The smallest absolute Gasteiger partial charge is 0.189 e. The Morgan fingerprint density at radius 1 is 1.20 bits per heavy atom. The highest BCUT2D eigenvalue weighted by Gasteiger charge is 2.30. The molecule has 1 aliphatic rings. The first-order valence-corrected chi connectivity index (χ1v) is 5.18. The Bertz CT molecular complexity index is 291. The van der Waals surface area contributed by atoms with Crippen LogP contribution in [0.25, 0.3) is 0 Å². The van der Waals surface area contributed by atoms with Gasteiger partial charge in [0, 0.05) is 0 Å². The number of rotatable bonds is 4. The van der Waals surface area contributed by atoms with E-state index in [4.69, 9.17) is 14.2 Å². The van der Waals surface area contributed by atoms with Gasteiger partial charge in [0.05, 0.1) is 19.8 Å². The molecule has 0 atom stereocenters. The topological polar surface area (TPSA) is 27.7 Å². The van der Waals surface area contributed by atoms with E-state index >= 15 is 0 Å². The Balaban J connectivity index is 1.75. The summed E-state index contributed by atoms with van der Waals surface area (Å²) in [7, 11) is 0. The van der Waals surface area contributed by atoms with E-state index in [2.05, 4.69) is 0 Å². The van der Waals surface area contributed by atoms with Crippen molar-refractivity contribution >= 4 is 0 Å². The fourth-order valence-electron chi connectivity index (χ4n) is 1.57. The molecule has 1 fully saturated rings. The molecule has 15 heavy (non-hydrogen) atoms. The Labute approximate surface area is 90.0 Å². The van der Waals surface area contributed by atoms with Crippen LogP contribution in [0.1, 0.15) is 12.5 Å². The van der Waals surface area contributed by atoms with Gasteiger partial charge in [-0.15, -0.1) is 0 Å². The minimum Gasteiger partial charge on any atom is -0.371 e. The molecule has 1 aromatic carbocycles. The number of hydrogen-bond acceptors (Lipinski definition) is 3. The predicted molar refractivity (Wildman–Crippen MR) is 56.4 cm³/mol. The summed E-state index contributed by atoms with van der Waals surface area (Å²) >= 11 is 0. The van der Waals surface area contributed by atoms with Gasteiger partial charge in [-0.25, -0.2) is 0 Å². The van der Waals surface area contributed by atoms with E-state index < -0.39 is 5.79 Å². The molecule has 3 nitrogen and oxygen atoms in total. The highest BCUT2D eigenvalue weighted by atomic mass is 16.7. The molecule has 2 rings (SSSR count). The van der Waals surface area contributed by atoms with Gasteiger partial charge in [-0.3, -0.25) is 0 Å². The first-order valence-electron chi connectivity index (χ1n) is 5.18. The van der Waals surface area contributed by atoms with Crippen molar-refractivity contribution in [3.8, 4) is 0 Å². The number of ether oxygens (including phenoxy) is 3. The summed E-state index contributed by atoms with van der Waals surface area (Å²) in [6.07, 6.45) is 0. The lowest BCUT2D eigenvalue weighted by Crippen LogP contribution is -2.31. The molecule has 82 valence electrons. The van der Waals surface area contributed by atoms with E-state index in [1.54, 1.807) is 0 Å². The molecule has 0 aliphatic carbocycles. The minimum atomic E-state index is -0.547. The van der Waals surface area contributed by atoms with Crippen LogP contribution < -0.4 is 0 Å². The van der Waals surface area contributed by atoms with E-state index in [1.807, 2.05) is 37.3 Å². The van der Waals surface area contributed by atoms with Gasteiger partial charge in [0.1, 0.15) is 6.61 Å². The standard InChI is InChI=1S/C12H16O3/c1-12(14-7-8-15-12)10-13-9-11-5-3-2-4-6-11/h2-6H,7-10H2,1H3. The van der Waals surface area contributed by atoms with E-state index in [0.29, 0.717) is 26.4 Å². The van der Waals surface area contributed by atoms with Gasteiger partial charge in [0.25, 0.3) is 0 Å². The fourth-order valence-corrected chi connectivity index (χ4v) is 1.57. The Morgan fingerprint density at radius 2 is 1.87 bits per heavy atom. The maximum atomic E-state index is 5.56. The van der Waals surface area contributed by atoms with Gasteiger partial charge in [-0.05, 0) is 12.5 Å². The van der Waals surface area contributed by atoms with Gasteiger partial charge in [-0.2, -0.15) is 0 Å². The van der Waals surface area contributed by atoms with Crippen molar-refractivity contribution in [2.24, 2.45) is 0 Å².